The number of hydrogen-bond acceptors (Lipinski definition) is 2. The van der Waals surface area contributed by atoms with Crippen molar-refractivity contribution in [2.45, 2.75) is 19.9 Å². The number of nitrogens with one attached hydrogen (secondary N) is 1. The lowest BCUT2D eigenvalue weighted by Crippen LogP contribution is -2.18. The van der Waals surface area contributed by atoms with E-state index in [0.717, 1.165) is 11.3 Å². The van der Waals surface area contributed by atoms with Gasteiger partial charge in [-0.2, -0.15) is 0 Å². The molecule has 0 saturated carbocycles. The monoisotopic (exact) mass is 255 g/mol. The van der Waals surface area contributed by atoms with E-state index in [4.69, 9.17) is 4.74 Å². The predicted molar refractivity (Wildman–Crippen MR) is 79.8 cm³/mol. The third-order valence-corrected chi connectivity index (χ3v) is 3.55. The highest BCUT2D eigenvalue weighted by Crippen LogP contribution is 2.28. The molecule has 0 radical (unpaired) electrons. The summed E-state index contributed by atoms with van der Waals surface area (Å²) in [6.07, 6.45) is 0. The van der Waals surface area contributed by atoms with Gasteiger partial charge in [0.25, 0.3) is 0 Å². The van der Waals surface area contributed by atoms with Crippen molar-refractivity contribution in [1.82, 2.24) is 5.32 Å². The number of benzene rings is 2. The average Bonchev–Trinajstić information content (AvgIpc) is 2.43. The van der Waals surface area contributed by atoms with Crippen LogP contribution < -0.4 is 10.1 Å². The summed E-state index contributed by atoms with van der Waals surface area (Å²) in [7, 11) is 3.71. The van der Waals surface area contributed by atoms with Crippen LogP contribution in [-0.4, -0.2) is 14.2 Å². The summed E-state index contributed by atoms with van der Waals surface area (Å²) in [5.41, 5.74) is 4.97. The Morgan fingerprint density at radius 2 is 1.74 bits per heavy atom. The maximum absolute atomic E-state index is 5.42. The molecule has 0 aromatic heterocycles. The fraction of sp³-hybridized carbons (Fsp3) is 0.294. The van der Waals surface area contributed by atoms with Gasteiger partial charge in [0.15, 0.2) is 0 Å². The molecule has 19 heavy (non-hydrogen) atoms. The van der Waals surface area contributed by atoms with Crippen molar-refractivity contribution in [1.29, 1.82) is 0 Å². The van der Waals surface area contributed by atoms with Crippen LogP contribution in [0.15, 0.2) is 42.5 Å². The van der Waals surface area contributed by atoms with E-state index in [9.17, 15) is 0 Å². The third kappa shape index (κ3) is 2.79. The van der Waals surface area contributed by atoms with Crippen molar-refractivity contribution >= 4 is 0 Å². The summed E-state index contributed by atoms with van der Waals surface area (Å²) in [6.45, 7) is 4.20. The summed E-state index contributed by atoms with van der Waals surface area (Å²) < 4.78 is 5.42. The Morgan fingerprint density at radius 1 is 1.00 bits per heavy atom. The molecular weight excluding hydrogens is 234 g/mol. The van der Waals surface area contributed by atoms with Crippen LogP contribution in [0.4, 0.5) is 0 Å². The Morgan fingerprint density at radius 3 is 2.37 bits per heavy atom. The van der Waals surface area contributed by atoms with Crippen LogP contribution in [0.3, 0.4) is 0 Å². The molecule has 0 aliphatic carbocycles. The molecule has 0 fully saturated rings. The molecule has 1 unspecified atom stereocenters. The second kappa shape index (κ2) is 5.89. The van der Waals surface area contributed by atoms with Crippen molar-refractivity contribution in [3.8, 4) is 5.75 Å². The fourth-order valence-electron chi connectivity index (χ4n) is 2.43. The van der Waals surface area contributed by atoms with Gasteiger partial charge in [0, 0.05) is 0 Å². The summed E-state index contributed by atoms with van der Waals surface area (Å²) in [5, 5.41) is 3.39. The highest BCUT2D eigenvalue weighted by atomic mass is 16.5. The number of ether oxygens (including phenoxy) is 1. The predicted octanol–water partition coefficient (Wildman–Crippen LogP) is 3.62. The summed E-state index contributed by atoms with van der Waals surface area (Å²) >= 11 is 0. The van der Waals surface area contributed by atoms with Gasteiger partial charge in [-0.25, -0.2) is 0 Å². The molecule has 0 bridgehead atoms. The zero-order chi connectivity index (χ0) is 13.8. The minimum absolute atomic E-state index is 0.190. The molecule has 2 nitrogen and oxygen atoms in total. The molecule has 2 heteroatoms. The van der Waals surface area contributed by atoms with Crippen LogP contribution in [0.1, 0.15) is 28.3 Å². The number of hydrogen-bond donors (Lipinski definition) is 1. The van der Waals surface area contributed by atoms with Gasteiger partial charge in [-0.05, 0) is 49.2 Å². The van der Waals surface area contributed by atoms with Gasteiger partial charge in [0.1, 0.15) is 5.75 Å². The van der Waals surface area contributed by atoms with E-state index >= 15 is 0 Å². The highest BCUT2D eigenvalue weighted by molar-refractivity contribution is 5.43. The lowest BCUT2D eigenvalue weighted by molar-refractivity contribution is 0.410. The average molecular weight is 255 g/mol. The summed E-state index contributed by atoms with van der Waals surface area (Å²) in [6, 6.07) is 15.0. The van der Waals surface area contributed by atoms with Crippen LogP contribution in [0.25, 0.3) is 0 Å². The molecule has 2 aromatic rings. The fourth-order valence-corrected chi connectivity index (χ4v) is 2.43. The minimum atomic E-state index is 0.190. The maximum atomic E-state index is 5.42. The van der Waals surface area contributed by atoms with Crippen LogP contribution in [0.2, 0.25) is 0 Å². The number of rotatable bonds is 4. The molecule has 0 heterocycles. The molecule has 100 valence electrons. The normalized spacial score (nSPS) is 12.2. The van der Waals surface area contributed by atoms with E-state index in [2.05, 4.69) is 61.6 Å². The van der Waals surface area contributed by atoms with E-state index < -0.39 is 0 Å². The van der Waals surface area contributed by atoms with Gasteiger partial charge >= 0.3 is 0 Å². The molecule has 0 spiro atoms. The number of methoxy groups -OCH3 is 1. The Balaban J connectivity index is 2.45. The van der Waals surface area contributed by atoms with Gasteiger partial charge in [-0.15, -0.1) is 0 Å². The molecule has 0 aliphatic heterocycles. The van der Waals surface area contributed by atoms with E-state index in [1.165, 1.54) is 16.7 Å². The Bertz CT molecular complexity index is 563. The highest BCUT2D eigenvalue weighted by Gasteiger charge is 2.15. The Hall–Kier alpha value is -1.80. The Kier molecular flexibility index (Phi) is 4.23. The van der Waals surface area contributed by atoms with E-state index in [-0.39, 0.29) is 6.04 Å². The summed E-state index contributed by atoms with van der Waals surface area (Å²) in [5.74, 6) is 0.936. The van der Waals surface area contributed by atoms with E-state index in [1.54, 1.807) is 7.11 Å². The van der Waals surface area contributed by atoms with E-state index in [0.29, 0.717) is 0 Å². The van der Waals surface area contributed by atoms with Crippen molar-refractivity contribution in [3.63, 3.8) is 0 Å². The van der Waals surface area contributed by atoms with Crippen LogP contribution >= 0.6 is 0 Å². The molecule has 0 amide bonds. The second-order valence-electron chi connectivity index (χ2n) is 4.81. The first kappa shape index (κ1) is 13.6. The van der Waals surface area contributed by atoms with Crippen molar-refractivity contribution < 1.29 is 4.74 Å². The van der Waals surface area contributed by atoms with Crippen LogP contribution in [0, 0.1) is 13.8 Å². The van der Waals surface area contributed by atoms with Crippen LogP contribution in [-0.2, 0) is 0 Å². The second-order valence-corrected chi connectivity index (χ2v) is 4.81. The molecule has 0 aliphatic rings. The molecule has 0 saturated heterocycles. The van der Waals surface area contributed by atoms with Gasteiger partial charge in [-0.3, -0.25) is 0 Å². The van der Waals surface area contributed by atoms with Gasteiger partial charge in [0.05, 0.1) is 13.2 Å². The number of aryl methyl sites for hydroxylation is 2. The lowest BCUT2D eigenvalue weighted by Gasteiger charge is -2.20. The van der Waals surface area contributed by atoms with Crippen molar-refractivity contribution in [2.75, 3.05) is 14.2 Å². The smallest absolute Gasteiger partial charge is 0.122 e. The maximum Gasteiger partial charge on any atom is 0.122 e. The third-order valence-electron chi connectivity index (χ3n) is 3.55. The molecule has 1 N–H and O–H groups in total. The SMILES string of the molecule is CNC(c1ccc(C)c(OC)c1)c1ccccc1C. The standard InChI is InChI=1S/C17H21NO/c1-12-7-5-6-8-15(12)17(18-3)14-10-9-13(2)16(11-14)19-4/h5-11,17-18H,1-4H3. The zero-order valence-corrected chi connectivity index (χ0v) is 12.0. The topological polar surface area (TPSA) is 21.3 Å². The first-order chi connectivity index (χ1) is 9.17. The first-order valence-electron chi connectivity index (χ1n) is 6.54. The zero-order valence-electron chi connectivity index (χ0n) is 12.0. The van der Waals surface area contributed by atoms with Crippen molar-refractivity contribution in [3.05, 3.63) is 64.7 Å². The summed E-state index contributed by atoms with van der Waals surface area (Å²) in [4.78, 5) is 0. The lowest BCUT2D eigenvalue weighted by atomic mass is 9.94. The first-order valence-corrected chi connectivity index (χ1v) is 6.54. The van der Waals surface area contributed by atoms with Crippen molar-refractivity contribution in [2.24, 2.45) is 0 Å². The molecule has 2 rings (SSSR count). The van der Waals surface area contributed by atoms with Gasteiger partial charge in [0.2, 0.25) is 0 Å². The molecular formula is C17H21NO. The largest absolute Gasteiger partial charge is 0.496 e. The van der Waals surface area contributed by atoms with E-state index in [1.807, 2.05) is 7.05 Å². The van der Waals surface area contributed by atoms with Gasteiger partial charge in [-0.1, -0.05) is 36.4 Å². The van der Waals surface area contributed by atoms with Crippen LogP contribution in [0.5, 0.6) is 5.75 Å². The molecule has 1 atom stereocenters. The minimum Gasteiger partial charge on any atom is -0.496 e. The quantitative estimate of drug-likeness (QED) is 0.901. The molecule has 2 aromatic carbocycles. The Labute approximate surface area is 115 Å². The van der Waals surface area contributed by atoms with Gasteiger partial charge < -0.3 is 10.1 Å².